The smallest absolute Gasteiger partial charge is 0.548 e. The Hall–Kier alpha value is -2.83. The normalized spacial score (nSPS) is 12.9. The number of carboxylic acids is 1. The number of sulfonamides is 1. The van der Waals surface area contributed by atoms with Crippen LogP contribution in [0.15, 0.2) is 108 Å². The van der Waals surface area contributed by atoms with Crippen molar-refractivity contribution in [2.24, 2.45) is 0 Å². The van der Waals surface area contributed by atoms with Gasteiger partial charge in [0.2, 0.25) is 10.0 Å². The molecule has 4 aromatic rings. The Morgan fingerprint density at radius 2 is 1.42 bits per heavy atom. The maximum Gasteiger partial charge on any atom is 1.00 e. The summed E-state index contributed by atoms with van der Waals surface area (Å²) in [7, 11) is -4.15. The predicted molar refractivity (Wildman–Crippen MR) is 166 cm³/mol. The largest absolute Gasteiger partial charge is 1.00 e. The fraction of sp³-hybridized carbons (Fsp3) is 0.257. The van der Waals surface area contributed by atoms with E-state index in [0.29, 0.717) is 18.4 Å². The average molecular weight is 651 g/mol. The second-order valence-corrected chi connectivity index (χ2v) is 12.8. The minimum atomic E-state index is -4.15. The number of unbranched alkanes of at least 4 members (excludes halogenated alkanes) is 1. The molecule has 5 rings (SSSR count). The van der Waals surface area contributed by atoms with Gasteiger partial charge in [0.15, 0.2) is 0 Å². The molecule has 1 amide bonds. The van der Waals surface area contributed by atoms with Crippen molar-refractivity contribution in [2.45, 2.75) is 49.6 Å². The zero-order valence-electron chi connectivity index (χ0n) is 25.5. The standard InChI is InChI=1S/C35H36N2O6S.K/c1-25-18-20-27(21-19-25)44(41,42)37(23-26-11-3-2-4-12-26)33(34(38)39)17-9-10-22-36-35(40)43-24-32-30-15-7-5-13-28(30)29-14-6-8-16-31(29)32;/h2-8,11-16,18-21,32-33H,9-10,17,22-24H2,1H3,(H,36,40)(H,38,39);/q;+1/p-1/t33-;/m0./s1. The van der Waals surface area contributed by atoms with Crippen molar-refractivity contribution in [1.29, 1.82) is 0 Å². The van der Waals surface area contributed by atoms with Crippen LogP contribution < -0.4 is 61.8 Å². The minimum Gasteiger partial charge on any atom is -0.548 e. The van der Waals surface area contributed by atoms with Crippen molar-refractivity contribution in [1.82, 2.24) is 9.62 Å². The van der Waals surface area contributed by atoms with Gasteiger partial charge in [0.1, 0.15) is 6.61 Å². The van der Waals surface area contributed by atoms with E-state index >= 15 is 0 Å². The average Bonchev–Trinajstić information content (AvgIpc) is 3.35. The van der Waals surface area contributed by atoms with Gasteiger partial charge in [-0.25, -0.2) is 13.2 Å². The van der Waals surface area contributed by atoms with Crippen LogP contribution in [0, 0.1) is 6.92 Å². The van der Waals surface area contributed by atoms with E-state index in [9.17, 15) is 23.1 Å². The Kier molecular flexibility index (Phi) is 12.6. The van der Waals surface area contributed by atoms with Crippen LogP contribution in [0.5, 0.6) is 0 Å². The van der Waals surface area contributed by atoms with Gasteiger partial charge in [-0.05, 0) is 66.1 Å². The summed E-state index contributed by atoms with van der Waals surface area (Å²) in [5.41, 5.74) is 6.08. The molecule has 0 saturated heterocycles. The van der Waals surface area contributed by atoms with Crippen LogP contribution in [0.4, 0.5) is 4.79 Å². The van der Waals surface area contributed by atoms with E-state index in [1.807, 2.05) is 37.3 Å². The van der Waals surface area contributed by atoms with E-state index in [-0.39, 0.29) is 88.3 Å². The molecular formula is C35H35KN2O6S. The van der Waals surface area contributed by atoms with Crippen LogP contribution in [0.1, 0.15) is 47.4 Å². The van der Waals surface area contributed by atoms with E-state index < -0.39 is 28.1 Å². The molecule has 1 aliphatic rings. The van der Waals surface area contributed by atoms with Crippen molar-refractivity contribution >= 4 is 22.1 Å². The number of aryl methyl sites for hydroxylation is 1. The molecule has 0 aliphatic heterocycles. The van der Waals surface area contributed by atoms with Crippen molar-refractivity contribution < 1.29 is 79.2 Å². The number of fused-ring (bicyclic) bond motifs is 3. The number of ether oxygens (including phenoxy) is 1. The van der Waals surface area contributed by atoms with Gasteiger partial charge in [0.05, 0.1) is 16.9 Å². The molecule has 0 aromatic heterocycles. The number of carbonyl (C=O) groups excluding carboxylic acids is 2. The maximum absolute atomic E-state index is 13.7. The molecule has 0 heterocycles. The number of nitrogens with one attached hydrogen (secondary N) is 1. The van der Waals surface area contributed by atoms with Gasteiger partial charge in [-0.1, -0.05) is 96.6 Å². The number of hydrogen-bond donors (Lipinski definition) is 1. The number of carboxylic acid groups (broad SMARTS) is 1. The van der Waals surface area contributed by atoms with Gasteiger partial charge in [0, 0.05) is 19.0 Å². The monoisotopic (exact) mass is 650 g/mol. The third kappa shape index (κ3) is 8.51. The molecular weight excluding hydrogens is 616 g/mol. The number of carbonyl (C=O) groups is 2. The summed E-state index contributed by atoms with van der Waals surface area (Å²) in [6, 6.07) is 30.0. The van der Waals surface area contributed by atoms with Crippen molar-refractivity contribution in [3.8, 4) is 11.1 Å². The third-order valence-corrected chi connectivity index (χ3v) is 9.81. The molecule has 0 radical (unpaired) electrons. The molecule has 1 aliphatic carbocycles. The van der Waals surface area contributed by atoms with Crippen LogP contribution in [-0.4, -0.2) is 44.0 Å². The van der Waals surface area contributed by atoms with Crippen molar-refractivity contribution in [2.75, 3.05) is 13.2 Å². The number of rotatable bonds is 13. The summed E-state index contributed by atoms with van der Waals surface area (Å²) in [6.07, 6.45) is 0.234. The van der Waals surface area contributed by atoms with Gasteiger partial charge in [0.25, 0.3) is 0 Å². The predicted octanol–water partition coefficient (Wildman–Crippen LogP) is 2.02. The third-order valence-electron chi connectivity index (χ3n) is 7.95. The Balaban J connectivity index is 0.00000461. The van der Waals surface area contributed by atoms with Crippen molar-refractivity contribution in [3.05, 3.63) is 125 Å². The second kappa shape index (κ2) is 16.1. The molecule has 10 heteroatoms. The Labute approximate surface area is 307 Å². The number of amides is 1. The van der Waals surface area contributed by atoms with Gasteiger partial charge in [-0.2, -0.15) is 4.31 Å². The number of nitrogens with zero attached hydrogens (tertiary/aromatic N) is 1. The first-order valence-electron chi connectivity index (χ1n) is 14.7. The number of aliphatic carboxylic acids is 1. The van der Waals surface area contributed by atoms with Gasteiger partial charge in [-0.3, -0.25) is 0 Å². The van der Waals surface area contributed by atoms with Crippen LogP contribution >= 0.6 is 0 Å². The maximum atomic E-state index is 13.7. The van der Waals surface area contributed by atoms with Crippen LogP contribution in [0.3, 0.4) is 0 Å². The Bertz CT molecular complexity index is 1670. The molecule has 0 spiro atoms. The molecule has 0 fully saturated rings. The Morgan fingerprint density at radius 1 is 0.844 bits per heavy atom. The van der Waals surface area contributed by atoms with E-state index in [1.54, 1.807) is 36.4 Å². The molecule has 0 saturated carbocycles. The van der Waals surface area contributed by atoms with Gasteiger partial charge < -0.3 is 20.0 Å². The van der Waals surface area contributed by atoms with Crippen LogP contribution in [-0.2, 0) is 26.1 Å². The van der Waals surface area contributed by atoms with Crippen LogP contribution in [0.2, 0.25) is 0 Å². The summed E-state index contributed by atoms with van der Waals surface area (Å²) in [5.74, 6) is -1.52. The van der Waals surface area contributed by atoms with E-state index in [1.165, 1.54) is 12.1 Å². The molecule has 0 unspecified atom stereocenters. The fourth-order valence-electron chi connectivity index (χ4n) is 5.65. The van der Waals surface area contributed by atoms with Gasteiger partial charge in [-0.15, -0.1) is 0 Å². The number of alkyl carbamates (subject to hydrolysis) is 1. The molecule has 0 bridgehead atoms. The summed E-state index contributed by atoms with van der Waals surface area (Å²) < 4.78 is 33.9. The SMILES string of the molecule is Cc1ccc(S(=O)(=O)N(Cc2ccccc2)[C@@H](CCCCNC(=O)OCC2c3ccccc3-c3ccccc32)C(=O)[O-])cc1.[K+]. The molecule has 228 valence electrons. The first-order valence-corrected chi connectivity index (χ1v) is 16.1. The second-order valence-electron chi connectivity index (χ2n) is 10.9. The number of benzene rings is 4. The first-order chi connectivity index (χ1) is 21.3. The molecule has 8 nitrogen and oxygen atoms in total. The van der Waals surface area contributed by atoms with Gasteiger partial charge >= 0.3 is 57.5 Å². The van der Waals surface area contributed by atoms with E-state index in [0.717, 1.165) is 32.1 Å². The quantitative estimate of drug-likeness (QED) is 0.175. The van der Waals surface area contributed by atoms with Crippen LogP contribution in [0.25, 0.3) is 11.1 Å². The molecule has 1 N–H and O–H groups in total. The summed E-state index contributed by atoms with van der Waals surface area (Å²) >= 11 is 0. The summed E-state index contributed by atoms with van der Waals surface area (Å²) in [6.45, 7) is 2.17. The van der Waals surface area contributed by atoms with E-state index in [2.05, 4.69) is 29.6 Å². The van der Waals surface area contributed by atoms with E-state index in [4.69, 9.17) is 4.74 Å². The molecule has 1 atom stereocenters. The topological polar surface area (TPSA) is 116 Å². The van der Waals surface area contributed by atoms with Crippen molar-refractivity contribution in [3.63, 3.8) is 0 Å². The summed E-state index contributed by atoms with van der Waals surface area (Å²) in [5, 5.41) is 15.0. The summed E-state index contributed by atoms with van der Waals surface area (Å²) in [4.78, 5) is 24.9. The zero-order valence-corrected chi connectivity index (χ0v) is 29.5. The molecule has 4 aromatic carbocycles. The first kappa shape index (κ1) is 35.0. The zero-order chi connectivity index (χ0) is 31.1. The Morgan fingerprint density at radius 3 is 2.02 bits per heavy atom. The molecule has 45 heavy (non-hydrogen) atoms. The number of hydrogen-bond acceptors (Lipinski definition) is 6. The fourth-order valence-corrected chi connectivity index (χ4v) is 7.25. The minimum absolute atomic E-state index is 0.